The second-order valence-corrected chi connectivity index (χ2v) is 5.96. The van der Waals surface area contributed by atoms with E-state index >= 15 is 0 Å². The van der Waals surface area contributed by atoms with Crippen LogP contribution in [0.4, 0.5) is 18.9 Å². The summed E-state index contributed by atoms with van der Waals surface area (Å²) in [4.78, 5) is 13.8. The van der Waals surface area contributed by atoms with Crippen molar-refractivity contribution in [1.82, 2.24) is 4.90 Å². The van der Waals surface area contributed by atoms with Gasteiger partial charge in [-0.1, -0.05) is 24.0 Å². The van der Waals surface area contributed by atoms with Crippen LogP contribution >= 0.6 is 24.0 Å². The third-order valence-corrected chi connectivity index (χ3v) is 4.24. The lowest BCUT2D eigenvalue weighted by atomic mass is 10.3. The van der Waals surface area contributed by atoms with E-state index < -0.39 is 6.36 Å². The molecule has 0 bridgehead atoms. The highest BCUT2D eigenvalue weighted by Crippen LogP contribution is 2.24. The van der Waals surface area contributed by atoms with E-state index in [4.69, 9.17) is 12.2 Å². The summed E-state index contributed by atoms with van der Waals surface area (Å²) in [6.45, 7) is 5.48. The first-order valence-corrected chi connectivity index (χ1v) is 8.22. The molecule has 1 aromatic carbocycles. The van der Waals surface area contributed by atoms with Gasteiger partial charge in [-0.3, -0.25) is 4.79 Å². The van der Waals surface area contributed by atoms with Crippen LogP contribution in [0.2, 0.25) is 0 Å². The van der Waals surface area contributed by atoms with Crippen LogP contribution in [-0.4, -0.2) is 40.3 Å². The molecule has 1 amide bonds. The molecule has 1 rings (SSSR count). The SMILES string of the molecule is CCN(CC)C(=S)SCC(=O)Nc1ccc(OC(F)(F)F)cc1. The quantitative estimate of drug-likeness (QED) is 0.774. The number of carbonyl (C=O) groups is 1. The summed E-state index contributed by atoms with van der Waals surface area (Å²) >= 11 is 6.45. The highest BCUT2D eigenvalue weighted by atomic mass is 32.2. The molecule has 128 valence electrons. The van der Waals surface area contributed by atoms with Crippen molar-refractivity contribution in [2.75, 3.05) is 24.2 Å². The maximum atomic E-state index is 12.0. The van der Waals surface area contributed by atoms with Crippen molar-refractivity contribution < 1.29 is 22.7 Å². The highest BCUT2D eigenvalue weighted by Gasteiger charge is 2.30. The van der Waals surface area contributed by atoms with Gasteiger partial charge < -0.3 is 15.0 Å². The van der Waals surface area contributed by atoms with Gasteiger partial charge in [0.2, 0.25) is 5.91 Å². The van der Waals surface area contributed by atoms with Crippen LogP contribution in [0.15, 0.2) is 24.3 Å². The molecule has 0 atom stereocenters. The van der Waals surface area contributed by atoms with E-state index in [0.29, 0.717) is 10.0 Å². The van der Waals surface area contributed by atoms with Gasteiger partial charge in [-0.15, -0.1) is 13.2 Å². The Balaban J connectivity index is 2.47. The normalized spacial score (nSPS) is 11.0. The molecule has 0 heterocycles. The molecule has 0 aliphatic heterocycles. The Bertz CT molecular complexity index is 532. The van der Waals surface area contributed by atoms with Crippen molar-refractivity contribution in [2.24, 2.45) is 0 Å². The second kappa shape index (κ2) is 8.97. The average Bonchev–Trinajstić information content (AvgIpc) is 2.47. The largest absolute Gasteiger partial charge is 0.573 e. The molecule has 1 aromatic rings. The zero-order valence-electron chi connectivity index (χ0n) is 12.6. The van der Waals surface area contributed by atoms with Gasteiger partial charge in [0.15, 0.2) is 0 Å². The Labute approximate surface area is 142 Å². The molecule has 23 heavy (non-hydrogen) atoms. The molecule has 0 spiro atoms. The number of amides is 1. The summed E-state index contributed by atoms with van der Waals surface area (Å²) in [6, 6.07) is 4.95. The van der Waals surface area contributed by atoms with Crippen LogP contribution in [0, 0.1) is 0 Å². The average molecular weight is 366 g/mol. The topological polar surface area (TPSA) is 41.6 Å². The molecular formula is C14H17F3N2O2S2. The summed E-state index contributed by atoms with van der Waals surface area (Å²) in [5.41, 5.74) is 0.388. The standard InChI is InChI=1S/C14H17F3N2O2S2/c1-3-19(4-2)13(22)23-9-12(20)18-10-5-7-11(8-6-10)21-14(15,16)17/h5-8H,3-4,9H2,1-2H3,(H,18,20). The second-order valence-electron chi connectivity index (χ2n) is 4.35. The van der Waals surface area contributed by atoms with Crippen LogP contribution in [0.25, 0.3) is 0 Å². The monoisotopic (exact) mass is 366 g/mol. The van der Waals surface area contributed by atoms with Crippen molar-refractivity contribution in [3.05, 3.63) is 24.3 Å². The van der Waals surface area contributed by atoms with Gasteiger partial charge in [0, 0.05) is 18.8 Å². The molecule has 9 heteroatoms. The number of ether oxygens (including phenoxy) is 1. The van der Waals surface area contributed by atoms with Gasteiger partial charge in [-0.05, 0) is 38.1 Å². The Kier molecular flexibility index (Phi) is 7.63. The van der Waals surface area contributed by atoms with E-state index in [-0.39, 0.29) is 17.4 Å². The summed E-state index contributed by atoms with van der Waals surface area (Å²) in [7, 11) is 0. The van der Waals surface area contributed by atoms with Gasteiger partial charge in [-0.25, -0.2) is 0 Å². The summed E-state index contributed by atoms with van der Waals surface area (Å²) < 4.78 is 40.5. The van der Waals surface area contributed by atoms with E-state index in [1.54, 1.807) is 0 Å². The maximum Gasteiger partial charge on any atom is 0.573 e. The predicted molar refractivity (Wildman–Crippen MR) is 89.7 cm³/mol. The van der Waals surface area contributed by atoms with Gasteiger partial charge >= 0.3 is 6.36 Å². The number of anilines is 1. The fraction of sp³-hybridized carbons (Fsp3) is 0.429. The zero-order valence-corrected chi connectivity index (χ0v) is 14.3. The number of thioether (sulfide) groups is 1. The number of nitrogens with one attached hydrogen (secondary N) is 1. The summed E-state index contributed by atoms with van der Waals surface area (Å²) in [6.07, 6.45) is -4.73. The molecule has 0 aromatic heterocycles. The van der Waals surface area contributed by atoms with Crippen LogP contribution in [0.3, 0.4) is 0 Å². The third-order valence-electron chi connectivity index (χ3n) is 2.72. The fourth-order valence-electron chi connectivity index (χ4n) is 1.64. The molecule has 0 unspecified atom stereocenters. The molecular weight excluding hydrogens is 349 g/mol. The number of rotatable bonds is 6. The van der Waals surface area contributed by atoms with Gasteiger partial charge in [0.05, 0.1) is 5.75 Å². The first-order chi connectivity index (χ1) is 10.7. The Morgan fingerprint density at radius 3 is 2.30 bits per heavy atom. The van der Waals surface area contributed by atoms with Crippen LogP contribution in [0.5, 0.6) is 5.75 Å². The van der Waals surface area contributed by atoms with E-state index in [2.05, 4.69) is 10.1 Å². The van der Waals surface area contributed by atoms with Crippen molar-refractivity contribution in [1.29, 1.82) is 0 Å². The molecule has 0 radical (unpaired) electrons. The minimum absolute atomic E-state index is 0.135. The van der Waals surface area contributed by atoms with Crippen molar-refractivity contribution >= 4 is 39.9 Å². The smallest absolute Gasteiger partial charge is 0.406 e. The molecule has 0 fully saturated rings. The molecule has 4 nitrogen and oxygen atoms in total. The van der Waals surface area contributed by atoms with Crippen molar-refractivity contribution in [3.8, 4) is 5.75 Å². The number of benzene rings is 1. The number of carbonyl (C=O) groups excluding carboxylic acids is 1. The fourth-order valence-corrected chi connectivity index (χ4v) is 2.84. The molecule has 0 aliphatic rings. The maximum absolute atomic E-state index is 12.0. The lowest BCUT2D eigenvalue weighted by Crippen LogP contribution is -2.28. The van der Waals surface area contributed by atoms with Crippen LogP contribution in [-0.2, 0) is 4.79 Å². The van der Waals surface area contributed by atoms with E-state index in [0.717, 1.165) is 25.2 Å². The molecule has 0 saturated carbocycles. The van der Waals surface area contributed by atoms with Gasteiger partial charge in [0.1, 0.15) is 10.1 Å². The number of halogens is 3. The van der Waals surface area contributed by atoms with Crippen molar-refractivity contribution in [3.63, 3.8) is 0 Å². The van der Waals surface area contributed by atoms with Crippen molar-refractivity contribution in [2.45, 2.75) is 20.2 Å². The molecule has 1 N–H and O–H groups in total. The third kappa shape index (κ3) is 7.56. The minimum Gasteiger partial charge on any atom is -0.406 e. The van der Waals surface area contributed by atoms with Crippen LogP contribution < -0.4 is 10.1 Å². The van der Waals surface area contributed by atoms with E-state index in [9.17, 15) is 18.0 Å². The van der Waals surface area contributed by atoms with Gasteiger partial charge in [0.25, 0.3) is 0 Å². The lowest BCUT2D eigenvalue weighted by molar-refractivity contribution is -0.274. The van der Waals surface area contributed by atoms with Crippen LogP contribution in [0.1, 0.15) is 13.8 Å². The zero-order chi connectivity index (χ0) is 17.5. The lowest BCUT2D eigenvalue weighted by Gasteiger charge is -2.20. The number of thiocarbonyl (C=S) groups is 1. The first kappa shape index (κ1) is 19.6. The van der Waals surface area contributed by atoms with E-state index in [1.165, 1.54) is 23.9 Å². The minimum atomic E-state index is -4.73. The van der Waals surface area contributed by atoms with Gasteiger partial charge in [-0.2, -0.15) is 0 Å². The first-order valence-electron chi connectivity index (χ1n) is 6.82. The predicted octanol–water partition coefficient (Wildman–Crippen LogP) is 3.88. The summed E-state index contributed by atoms with van der Waals surface area (Å²) in [5, 5.41) is 2.59. The highest BCUT2D eigenvalue weighted by molar-refractivity contribution is 8.23. The Hall–Kier alpha value is -1.48. The molecule has 0 saturated heterocycles. The number of hydrogen-bond donors (Lipinski definition) is 1. The van der Waals surface area contributed by atoms with E-state index in [1.807, 2.05) is 18.7 Å². The Morgan fingerprint density at radius 1 is 1.26 bits per heavy atom. The summed E-state index contributed by atoms with van der Waals surface area (Å²) in [5.74, 6) is -0.488. The Morgan fingerprint density at radius 2 is 1.83 bits per heavy atom. The number of alkyl halides is 3. The number of nitrogens with zero attached hydrogens (tertiary/aromatic N) is 1. The number of hydrogen-bond acceptors (Lipinski definition) is 4. The molecule has 0 aliphatic carbocycles.